The molecule has 0 radical (unpaired) electrons. The van der Waals surface area contributed by atoms with Gasteiger partial charge in [0.05, 0.1) is 6.61 Å². The summed E-state index contributed by atoms with van der Waals surface area (Å²) in [7, 11) is 0. The fourth-order valence-corrected chi connectivity index (χ4v) is 3.70. The van der Waals surface area contributed by atoms with Gasteiger partial charge in [-0.15, -0.1) is 0 Å². The second kappa shape index (κ2) is 16.5. The Bertz CT molecular complexity index is 352. The highest BCUT2D eigenvalue weighted by Gasteiger charge is 2.43. The van der Waals surface area contributed by atoms with Crippen LogP contribution in [-0.4, -0.2) is 64.3 Å². The van der Waals surface area contributed by atoms with Crippen LogP contribution in [0.5, 0.6) is 0 Å². The second-order valence-corrected chi connectivity index (χ2v) is 8.16. The normalized spacial score (nSPS) is 28.0. The third kappa shape index (κ3) is 10.5. The predicted molar refractivity (Wildman–Crippen MR) is 110 cm³/mol. The van der Waals surface area contributed by atoms with Gasteiger partial charge in [0.1, 0.15) is 24.4 Å². The molecule has 168 valence electrons. The van der Waals surface area contributed by atoms with Gasteiger partial charge in [0.2, 0.25) is 0 Å². The second-order valence-electron chi connectivity index (χ2n) is 8.16. The molecule has 4 N–H and O–H groups in total. The zero-order valence-corrected chi connectivity index (χ0v) is 17.8. The lowest BCUT2D eigenvalue weighted by Crippen LogP contribution is -2.59. The Balaban J connectivity index is 1.90. The summed E-state index contributed by atoms with van der Waals surface area (Å²) < 4.78 is 10.8. The molecule has 0 spiro atoms. The first-order valence-electron chi connectivity index (χ1n) is 11.5. The molecule has 1 rings (SSSR count). The van der Waals surface area contributed by atoms with Crippen molar-refractivity contribution in [2.45, 2.75) is 128 Å². The molecule has 28 heavy (non-hydrogen) atoms. The zero-order valence-electron chi connectivity index (χ0n) is 17.8. The van der Waals surface area contributed by atoms with Gasteiger partial charge in [-0.1, -0.05) is 90.4 Å². The number of hydrogen-bond acceptors (Lipinski definition) is 6. The summed E-state index contributed by atoms with van der Waals surface area (Å²) in [5, 5.41) is 38.5. The quantitative estimate of drug-likeness (QED) is 0.278. The van der Waals surface area contributed by atoms with Gasteiger partial charge in [0, 0.05) is 6.61 Å². The number of unbranched alkanes of at least 4 members (excludes halogenated alkanes) is 13. The van der Waals surface area contributed by atoms with Gasteiger partial charge >= 0.3 is 0 Å². The summed E-state index contributed by atoms with van der Waals surface area (Å²) in [6.45, 7) is 2.26. The molecule has 0 aromatic rings. The molecule has 0 bridgehead atoms. The Kier molecular flexibility index (Phi) is 15.2. The minimum absolute atomic E-state index is 0.427. The van der Waals surface area contributed by atoms with E-state index in [0.29, 0.717) is 6.61 Å². The van der Waals surface area contributed by atoms with Gasteiger partial charge in [0.15, 0.2) is 6.29 Å². The van der Waals surface area contributed by atoms with Gasteiger partial charge in [-0.3, -0.25) is 0 Å². The highest BCUT2D eigenvalue weighted by Crippen LogP contribution is 2.22. The van der Waals surface area contributed by atoms with E-state index in [0.717, 1.165) is 12.8 Å². The fraction of sp³-hybridized carbons (Fsp3) is 1.00. The largest absolute Gasteiger partial charge is 0.394 e. The van der Waals surface area contributed by atoms with Crippen molar-refractivity contribution in [2.75, 3.05) is 13.2 Å². The van der Waals surface area contributed by atoms with Crippen LogP contribution in [0.3, 0.4) is 0 Å². The minimum atomic E-state index is -1.37. The number of hydrogen-bond donors (Lipinski definition) is 4. The van der Waals surface area contributed by atoms with Crippen molar-refractivity contribution in [1.29, 1.82) is 0 Å². The molecule has 1 unspecified atom stereocenters. The Hall–Kier alpha value is -0.240. The molecule has 0 aromatic heterocycles. The monoisotopic (exact) mass is 404 g/mol. The number of rotatable bonds is 17. The smallest absolute Gasteiger partial charge is 0.186 e. The molecule has 6 nitrogen and oxygen atoms in total. The Labute approximate surface area is 171 Å². The molecular weight excluding hydrogens is 360 g/mol. The highest BCUT2D eigenvalue weighted by atomic mass is 16.7. The van der Waals surface area contributed by atoms with Crippen molar-refractivity contribution in [3.63, 3.8) is 0 Å². The summed E-state index contributed by atoms with van der Waals surface area (Å²) in [5.41, 5.74) is 0. The zero-order chi connectivity index (χ0) is 20.6. The van der Waals surface area contributed by atoms with E-state index >= 15 is 0 Å². The molecule has 0 aliphatic carbocycles. The lowest BCUT2D eigenvalue weighted by atomic mass is 9.99. The van der Waals surface area contributed by atoms with E-state index in [4.69, 9.17) is 14.6 Å². The predicted octanol–water partition coefficient (Wildman–Crippen LogP) is 3.28. The van der Waals surface area contributed by atoms with E-state index < -0.39 is 37.3 Å². The van der Waals surface area contributed by atoms with Crippen LogP contribution in [0.2, 0.25) is 0 Å². The maximum absolute atomic E-state index is 9.89. The maximum atomic E-state index is 9.89. The number of aliphatic hydroxyl groups excluding tert-OH is 4. The average Bonchev–Trinajstić information content (AvgIpc) is 2.70. The topological polar surface area (TPSA) is 99.4 Å². The van der Waals surface area contributed by atoms with Crippen molar-refractivity contribution in [3.05, 3.63) is 0 Å². The Morgan fingerprint density at radius 1 is 0.643 bits per heavy atom. The first-order chi connectivity index (χ1) is 13.6. The molecule has 0 amide bonds. The molecule has 1 heterocycles. The van der Waals surface area contributed by atoms with Crippen LogP contribution < -0.4 is 0 Å². The van der Waals surface area contributed by atoms with Gasteiger partial charge in [-0.05, 0) is 6.42 Å². The van der Waals surface area contributed by atoms with Crippen LogP contribution in [0.1, 0.15) is 96.8 Å². The van der Waals surface area contributed by atoms with Crippen molar-refractivity contribution in [2.24, 2.45) is 0 Å². The molecule has 1 saturated heterocycles. The molecule has 6 heteroatoms. The summed E-state index contributed by atoms with van der Waals surface area (Å²) in [6, 6.07) is 0. The van der Waals surface area contributed by atoms with E-state index in [9.17, 15) is 15.3 Å². The van der Waals surface area contributed by atoms with Crippen LogP contribution in [0, 0.1) is 0 Å². The van der Waals surface area contributed by atoms with Gasteiger partial charge in [-0.25, -0.2) is 0 Å². The van der Waals surface area contributed by atoms with Crippen molar-refractivity contribution in [1.82, 2.24) is 0 Å². The number of ether oxygens (including phenoxy) is 2. The van der Waals surface area contributed by atoms with E-state index in [-0.39, 0.29) is 0 Å². The van der Waals surface area contributed by atoms with Crippen LogP contribution in [0.15, 0.2) is 0 Å². The standard InChI is InChI=1S/C22H44O6/c1-2-3-4-5-6-7-8-9-10-11-12-13-14-15-16-27-22-21(26)20(25)19(24)18(17-23)28-22/h18-26H,2-17H2,1H3/t18-,19+,20+,21-,22?/m1/s1. The summed E-state index contributed by atoms with van der Waals surface area (Å²) in [5.74, 6) is 0. The first-order valence-corrected chi connectivity index (χ1v) is 11.5. The molecule has 5 atom stereocenters. The lowest BCUT2D eigenvalue weighted by Gasteiger charge is -2.39. The lowest BCUT2D eigenvalue weighted by molar-refractivity contribution is -0.301. The van der Waals surface area contributed by atoms with E-state index in [1.165, 1.54) is 77.0 Å². The molecule has 1 fully saturated rings. The summed E-state index contributed by atoms with van der Waals surface area (Å²) in [6.07, 6.45) is 12.1. The summed E-state index contributed by atoms with van der Waals surface area (Å²) >= 11 is 0. The van der Waals surface area contributed by atoms with Crippen LogP contribution in [0.25, 0.3) is 0 Å². The highest BCUT2D eigenvalue weighted by molar-refractivity contribution is 4.88. The third-order valence-corrected chi connectivity index (χ3v) is 5.63. The van der Waals surface area contributed by atoms with E-state index in [1.807, 2.05) is 0 Å². The molecule has 1 aliphatic rings. The van der Waals surface area contributed by atoms with E-state index in [1.54, 1.807) is 0 Å². The van der Waals surface area contributed by atoms with Crippen LogP contribution in [-0.2, 0) is 9.47 Å². The van der Waals surface area contributed by atoms with Gasteiger partial charge in [-0.2, -0.15) is 0 Å². The molecular formula is C22H44O6. The van der Waals surface area contributed by atoms with Crippen molar-refractivity contribution >= 4 is 0 Å². The summed E-state index contributed by atoms with van der Waals surface area (Å²) in [4.78, 5) is 0. The third-order valence-electron chi connectivity index (χ3n) is 5.63. The SMILES string of the molecule is CCCCCCCCCCCCCCCCOC1O[C@H](CO)[C@H](O)[C@H](O)[C@H]1O. The van der Waals surface area contributed by atoms with Crippen molar-refractivity contribution < 1.29 is 29.9 Å². The van der Waals surface area contributed by atoms with Crippen LogP contribution in [0.4, 0.5) is 0 Å². The molecule has 0 saturated carbocycles. The molecule has 1 aliphatic heterocycles. The fourth-order valence-electron chi connectivity index (χ4n) is 3.70. The average molecular weight is 405 g/mol. The molecule has 0 aromatic carbocycles. The first kappa shape index (κ1) is 25.8. The maximum Gasteiger partial charge on any atom is 0.186 e. The van der Waals surface area contributed by atoms with Gasteiger partial charge < -0.3 is 29.9 Å². The minimum Gasteiger partial charge on any atom is -0.394 e. The van der Waals surface area contributed by atoms with E-state index in [2.05, 4.69) is 6.92 Å². The number of aliphatic hydroxyl groups is 4. The van der Waals surface area contributed by atoms with Crippen molar-refractivity contribution in [3.8, 4) is 0 Å². The Morgan fingerprint density at radius 2 is 1.11 bits per heavy atom. The van der Waals surface area contributed by atoms with Crippen LogP contribution >= 0.6 is 0 Å². The van der Waals surface area contributed by atoms with Gasteiger partial charge in [0.25, 0.3) is 0 Å². The Morgan fingerprint density at radius 3 is 1.57 bits per heavy atom.